The molecule has 0 saturated carbocycles. The van der Waals surface area contributed by atoms with Crippen LogP contribution in [0, 0.1) is 11.8 Å². The molecular weight excluding hydrogens is 594 g/mol. The Morgan fingerprint density at radius 3 is 1.21 bits per heavy atom. The highest BCUT2D eigenvalue weighted by Gasteiger charge is 2.32. The lowest BCUT2D eigenvalue weighted by Crippen LogP contribution is -2.25. The second-order valence-electron chi connectivity index (χ2n) is 14.1. The molecule has 1 aliphatic rings. The first kappa shape index (κ1) is 43.9. The summed E-state index contributed by atoms with van der Waals surface area (Å²) in [6.07, 6.45) is 45.2. The van der Waals surface area contributed by atoms with Crippen LogP contribution in [0.4, 0.5) is 0 Å². The van der Waals surface area contributed by atoms with Gasteiger partial charge in [-0.15, -0.1) is 0 Å². The predicted molar refractivity (Wildman–Crippen MR) is 205 cm³/mol. The van der Waals surface area contributed by atoms with Crippen LogP contribution in [-0.2, 0) is 19.1 Å². The van der Waals surface area contributed by atoms with Gasteiger partial charge in [-0.2, -0.15) is 0 Å². The molecule has 0 N–H and O–H groups in total. The standard InChI is InChI=1S/C43H75NO4/c1-4-6-8-10-12-14-16-18-20-22-24-26-28-30-32-34-42(45)47-38-40-36-44(3)37-41(40)39-48-43(46)35-33-31-29-27-25-23-21-19-17-15-13-11-9-7-5-2/h12-15,18-21,40-41H,4-11,16-17,22-39H2,1-3H3/t40-,41-/m0/s1. The average molecular weight is 670 g/mol. The number of esters is 2. The van der Waals surface area contributed by atoms with E-state index in [0.717, 1.165) is 64.5 Å². The van der Waals surface area contributed by atoms with E-state index in [4.69, 9.17) is 9.47 Å². The number of rotatable bonds is 32. The zero-order valence-corrected chi connectivity index (χ0v) is 31.7. The maximum absolute atomic E-state index is 12.4. The molecule has 0 amide bonds. The van der Waals surface area contributed by atoms with Crippen molar-refractivity contribution in [2.75, 3.05) is 33.4 Å². The number of nitrogens with zero attached hydrogens (tertiary/aromatic N) is 1. The normalized spacial score (nSPS) is 17.1. The summed E-state index contributed by atoms with van der Waals surface area (Å²) >= 11 is 0. The molecule has 1 saturated heterocycles. The van der Waals surface area contributed by atoms with Gasteiger partial charge >= 0.3 is 11.9 Å². The van der Waals surface area contributed by atoms with Crippen molar-refractivity contribution in [2.24, 2.45) is 11.8 Å². The molecule has 0 aromatic carbocycles. The fraction of sp³-hybridized carbons (Fsp3) is 0.767. The van der Waals surface area contributed by atoms with Gasteiger partial charge in [0.1, 0.15) is 0 Å². The molecule has 0 aromatic rings. The third-order valence-corrected chi connectivity index (χ3v) is 9.34. The Labute approximate surface area is 297 Å². The lowest BCUT2D eigenvalue weighted by molar-refractivity contribution is -0.149. The Kier molecular flexibility index (Phi) is 30.5. The van der Waals surface area contributed by atoms with Crippen molar-refractivity contribution in [1.29, 1.82) is 0 Å². The van der Waals surface area contributed by atoms with Crippen molar-refractivity contribution in [1.82, 2.24) is 4.90 Å². The highest BCUT2D eigenvalue weighted by Crippen LogP contribution is 2.24. The summed E-state index contributed by atoms with van der Waals surface area (Å²) in [4.78, 5) is 27.0. The van der Waals surface area contributed by atoms with E-state index < -0.39 is 0 Å². The van der Waals surface area contributed by atoms with Gasteiger partial charge in [-0.05, 0) is 84.1 Å². The number of unbranched alkanes of at least 4 members (excludes halogenated alkanes) is 16. The number of hydrogen-bond acceptors (Lipinski definition) is 5. The van der Waals surface area contributed by atoms with Crippen LogP contribution >= 0.6 is 0 Å². The molecule has 0 bridgehead atoms. The van der Waals surface area contributed by atoms with Gasteiger partial charge < -0.3 is 14.4 Å². The molecule has 0 radical (unpaired) electrons. The van der Waals surface area contributed by atoms with E-state index in [2.05, 4.69) is 74.4 Å². The van der Waals surface area contributed by atoms with Crippen molar-refractivity contribution in [2.45, 2.75) is 168 Å². The first-order valence-electron chi connectivity index (χ1n) is 20.2. The van der Waals surface area contributed by atoms with Gasteiger partial charge in [0.2, 0.25) is 0 Å². The molecule has 0 aliphatic carbocycles. The maximum atomic E-state index is 12.4. The number of ether oxygens (including phenoxy) is 2. The third-order valence-electron chi connectivity index (χ3n) is 9.34. The number of carbonyl (C=O) groups is 2. The topological polar surface area (TPSA) is 55.8 Å². The molecule has 2 atom stereocenters. The number of allylic oxidation sites excluding steroid dienone is 8. The summed E-state index contributed by atoms with van der Waals surface area (Å²) < 4.78 is 11.3. The summed E-state index contributed by atoms with van der Waals surface area (Å²) in [6, 6.07) is 0. The maximum Gasteiger partial charge on any atom is 0.305 e. The SMILES string of the molecule is CCCCCC=CCC=CCCCCCCCC(=O)OC[C@@H]1CN(C)C[C@H]1COC(=O)CCCCCCCC=CCC=CCCCCC. The highest BCUT2D eigenvalue weighted by atomic mass is 16.5. The molecular formula is C43H75NO4. The van der Waals surface area contributed by atoms with E-state index in [-0.39, 0.29) is 23.8 Å². The van der Waals surface area contributed by atoms with E-state index in [1.807, 2.05) is 0 Å². The number of carbonyl (C=O) groups excluding carboxylic acids is 2. The summed E-state index contributed by atoms with van der Waals surface area (Å²) in [5.41, 5.74) is 0. The average Bonchev–Trinajstić information content (AvgIpc) is 3.45. The van der Waals surface area contributed by atoms with E-state index in [1.54, 1.807) is 0 Å². The van der Waals surface area contributed by atoms with Crippen molar-refractivity contribution >= 4 is 11.9 Å². The van der Waals surface area contributed by atoms with Crippen molar-refractivity contribution in [3.05, 3.63) is 48.6 Å². The lowest BCUT2D eigenvalue weighted by atomic mass is 9.98. The fourth-order valence-corrected chi connectivity index (χ4v) is 6.26. The van der Waals surface area contributed by atoms with Crippen LogP contribution in [0.3, 0.4) is 0 Å². The largest absolute Gasteiger partial charge is 0.465 e. The summed E-state index contributed by atoms with van der Waals surface area (Å²) in [5, 5.41) is 0. The molecule has 1 aliphatic heterocycles. The first-order valence-corrected chi connectivity index (χ1v) is 20.2. The molecule has 48 heavy (non-hydrogen) atoms. The molecule has 0 unspecified atom stereocenters. The second kappa shape index (κ2) is 33.4. The fourth-order valence-electron chi connectivity index (χ4n) is 6.26. The van der Waals surface area contributed by atoms with E-state index in [9.17, 15) is 9.59 Å². The number of hydrogen-bond donors (Lipinski definition) is 0. The van der Waals surface area contributed by atoms with Crippen LogP contribution in [0.25, 0.3) is 0 Å². The zero-order chi connectivity index (χ0) is 34.8. The monoisotopic (exact) mass is 670 g/mol. The Balaban J connectivity index is 2.01. The van der Waals surface area contributed by atoms with E-state index >= 15 is 0 Å². The second-order valence-corrected chi connectivity index (χ2v) is 14.1. The molecule has 1 heterocycles. The van der Waals surface area contributed by atoms with Crippen LogP contribution in [0.15, 0.2) is 48.6 Å². The quantitative estimate of drug-likeness (QED) is 0.0405. The highest BCUT2D eigenvalue weighted by molar-refractivity contribution is 5.69. The Bertz CT molecular complexity index is 806. The Morgan fingerprint density at radius 1 is 0.500 bits per heavy atom. The van der Waals surface area contributed by atoms with Gasteiger partial charge in [-0.3, -0.25) is 9.59 Å². The molecule has 5 heteroatoms. The van der Waals surface area contributed by atoms with Gasteiger partial charge in [0, 0.05) is 37.8 Å². The van der Waals surface area contributed by atoms with Crippen molar-refractivity contribution in [3.8, 4) is 0 Å². The van der Waals surface area contributed by atoms with Gasteiger partial charge in [0.25, 0.3) is 0 Å². The lowest BCUT2D eigenvalue weighted by Gasteiger charge is -2.18. The number of likely N-dealkylation sites (tertiary alicyclic amines) is 1. The van der Waals surface area contributed by atoms with Gasteiger partial charge in [0.05, 0.1) is 13.2 Å². The first-order chi connectivity index (χ1) is 23.6. The third kappa shape index (κ3) is 27.8. The Hall–Kier alpha value is -2.14. The van der Waals surface area contributed by atoms with Crippen LogP contribution < -0.4 is 0 Å². The van der Waals surface area contributed by atoms with Crippen LogP contribution in [0.5, 0.6) is 0 Å². The molecule has 1 fully saturated rings. The van der Waals surface area contributed by atoms with E-state index in [0.29, 0.717) is 26.1 Å². The minimum atomic E-state index is -0.0904. The van der Waals surface area contributed by atoms with Gasteiger partial charge in [0.15, 0.2) is 0 Å². The summed E-state index contributed by atoms with van der Waals surface area (Å²) in [5.74, 6) is 0.277. The molecule has 5 nitrogen and oxygen atoms in total. The molecule has 276 valence electrons. The van der Waals surface area contributed by atoms with Crippen molar-refractivity contribution < 1.29 is 19.1 Å². The van der Waals surface area contributed by atoms with Crippen molar-refractivity contribution in [3.63, 3.8) is 0 Å². The minimum absolute atomic E-state index is 0.0904. The minimum Gasteiger partial charge on any atom is -0.465 e. The zero-order valence-electron chi connectivity index (χ0n) is 31.7. The smallest absolute Gasteiger partial charge is 0.305 e. The van der Waals surface area contributed by atoms with Crippen LogP contribution in [0.1, 0.15) is 168 Å². The summed E-state index contributed by atoms with van der Waals surface area (Å²) in [7, 11) is 2.08. The Morgan fingerprint density at radius 2 is 0.833 bits per heavy atom. The van der Waals surface area contributed by atoms with Gasteiger partial charge in [-0.1, -0.05) is 127 Å². The van der Waals surface area contributed by atoms with Crippen LogP contribution in [-0.4, -0.2) is 50.2 Å². The molecule has 0 aromatic heterocycles. The van der Waals surface area contributed by atoms with Gasteiger partial charge in [-0.25, -0.2) is 0 Å². The van der Waals surface area contributed by atoms with Crippen LogP contribution in [0.2, 0.25) is 0 Å². The summed E-state index contributed by atoms with van der Waals surface area (Å²) in [6.45, 7) is 7.10. The van der Waals surface area contributed by atoms with E-state index in [1.165, 1.54) is 89.9 Å². The molecule has 0 spiro atoms. The molecule has 1 rings (SSSR count). The predicted octanol–water partition coefficient (Wildman–Crippen LogP) is 11.9.